The van der Waals surface area contributed by atoms with Crippen molar-refractivity contribution < 1.29 is 19.0 Å². The molecule has 0 bridgehead atoms. The SMILES string of the molecule is CCC1OCC(C)(C(OC(C)=O)C(Cc2ccc(Cl)cc2Cl)n2cncn2)CO1. The first kappa shape index (κ1) is 22.0. The van der Waals surface area contributed by atoms with Crippen molar-refractivity contribution in [3.05, 3.63) is 46.5 Å². The molecule has 0 amide bonds. The van der Waals surface area contributed by atoms with Crippen molar-refractivity contribution in [3.8, 4) is 0 Å². The Hall–Kier alpha value is -1.67. The van der Waals surface area contributed by atoms with Crippen LogP contribution in [0.5, 0.6) is 0 Å². The van der Waals surface area contributed by atoms with Gasteiger partial charge in [-0.05, 0) is 24.1 Å². The van der Waals surface area contributed by atoms with E-state index in [1.165, 1.54) is 13.3 Å². The van der Waals surface area contributed by atoms with Crippen LogP contribution in [0.1, 0.15) is 38.8 Å². The lowest BCUT2D eigenvalue weighted by Gasteiger charge is -2.44. The second-order valence-electron chi connectivity index (χ2n) is 7.53. The van der Waals surface area contributed by atoms with E-state index in [0.717, 1.165) is 12.0 Å². The zero-order valence-corrected chi connectivity index (χ0v) is 18.2. The lowest BCUT2D eigenvalue weighted by Crippen LogP contribution is -2.52. The Morgan fingerprint density at radius 2 is 2.10 bits per heavy atom. The minimum atomic E-state index is -0.578. The average molecular weight is 442 g/mol. The molecule has 2 aromatic rings. The van der Waals surface area contributed by atoms with Crippen LogP contribution in [0.2, 0.25) is 10.0 Å². The third-order valence-electron chi connectivity index (χ3n) is 5.08. The van der Waals surface area contributed by atoms with Crippen LogP contribution in [-0.4, -0.2) is 46.3 Å². The largest absolute Gasteiger partial charge is 0.459 e. The molecule has 0 saturated carbocycles. The molecule has 0 N–H and O–H groups in total. The number of benzene rings is 1. The average Bonchev–Trinajstić information content (AvgIpc) is 3.21. The van der Waals surface area contributed by atoms with Crippen molar-refractivity contribution in [1.82, 2.24) is 14.8 Å². The number of carbonyl (C=O) groups is 1. The van der Waals surface area contributed by atoms with Gasteiger partial charge < -0.3 is 14.2 Å². The minimum Gasteiger partial charge on any atom is -0.459 e. The van der Waals surface area contributed by atoms with Crippen molar-refractivity contribution in [3.63, 3.8) is 0 Å². The van der Waals surface area contributed by atoms with Gasteiger partial charge in [-0.15, -0.1) is 0 Å². The summed E-state index contributed by atoms with van der Waals surface area (Å²) in [6.45, 7) is 6.16. The zero-order chi connectivity index (χ0) is 21.0. The van der Waals surface area contributed by atoms with Gasteiger partial charge in [0.15, 0.2) is 6.29 Å². The predicted molar refractivity (Wildman–Crippen MR) is 109 cm³/mol. The molecule has 1 aromatic heterocycles. The van der Waals surface area contributed by atoms with Gasteiger partial charge in [0.2, 0.25) is 0 Å². The van der Waals surface area contributed by atoms with Gasteiger partial charge >= 0.3 is 5.97 Å². The van der Waals surface area contributed by atoms with Crippen LogP contribution >= 0.6 is 23.2 Å². The van der Waals surface area contributed by atoms with E-state index >= 15 is 0 Å². The Morgan fingerprint density at radius 3 is 2.66 bits per heavy atom. The number of aromatic nitrogens is 3. The minimum absolute atomic E-state index is 0.253. The third-order valence-corrected chi connectivity index (χ3v) is 5.67. The summed E-state index contributed by atoms with van der Waals surface area (Å²) in [5.41, 5.74) is 0.286. The normalized spacial score (nSPS) is 24.1. The van der Waals surface area contributed by atoms with Gasteiger partial charge in [-0.25, -0.2) is 9.67 Å². The van der Waals surface area contributed by atoms with E-state index in [4.69, 9.17) is 37.4 Å². The molecule has 1 aliphatic rings. The lowest BCUT2D eigenvalue weighted by molar-refractivity contribution is -0.252. The Morgan fingerprint density at radius 1 is 1.38 bits per heavy atom. The van der Waals surface area contributed by atoms with E-state index in [1.807, 2.05) is 19.9 Å². The highest BCUT2D eigenvalue weighted by atomic mass is 35.5. The summed E-state index contributed by atoms with van der Waals surface area (Å²) >= 11 is 12.5. The summed E-state index contributed by atoms with van der Waals surface area (Å²) < 4.78 is 19.2. The van der Waals surface area contributed by atoms with Crippen LogP contribution in [0.25, 0.3) is 0 Å². The molecule has 158 valence electrons. The summed E-state index contributed by atoms with van der Waals surface area (Å²) in [6.07, 6.45) is 3.44. The van der Waals surface area contributed by atoms with Gasteiger partial charge in [0.05, 0.1) is 24.7 Å². The Kier molecular flexibility index (Phi) is 7.16. The van der Waals surface area contributed by atoms with Gasteiger partial charge in [0, 0.05) is 23.4 Å². The second-order valence-corrected chi connectivity index (χ2v) is 8.37. The maximum Gasteiger partial charge on any atom is 0.303 e. The van der Waals surface area contributed by atoms with E-state index in [2.05, 4.69) is 10.1 Å². The van der Waals surface area contributed by atoms with Crippen LogP contribution in [0.15, 0.2) is 30.9 Å². The summed E-state index contributed by atoms with van der Waals surface area (Å²) in [5.74, 6) is -0.388. The van der Waals surface area contributed by atoms with Crippen LogP contribution in [-0.2, 0) is 25.4 Å². The molecule has 2 unspecified atom stereocenters. The van der Waals surface area contributed by atoms with Crippen LogP contribution in [0, 0.1) is 5.41 Å². The molecular formula is C20H25Cl2N3O4. The standard InChI is InChI=1S/C20H25Cl2N3O4/c1-4-18-27-9-20(3,10-28-18)19(29-13(2)26)17(25-12-23-11-24-25)7-14-5-6-15(21)8-16(14)22/h5-6,8,11-12,17-19H,4,7,9-10H2,1-3H3. The first-order chi connectivity index (χ1) is 13.8. The summed E-state index contributed by atoms with van der Waals surface area (Å²) in [5, 5.41) is 5.40. The lowest BCUT2D eigenvalue weighted by atomic mass is 9.79. The maximum absolute atomic E-state index is 12.0. The van der Waals surface area contributed by atoms with Gasteiger partial charge in [-0.1, -0.05) is 43.1 Å². The zero-order valence-electron chi connectivity index (χ0n) is 16.7. The summed E-state index contributed by atoms with van der Waals surface area (Å²) in [7, 11) is 0. The van der Waals surface area contributed by atoms with E-state index in [1.54, 1.807) is 23.1 Å². The number of halogens is 2. The van der Waals surface area contributed by atoms with Crippen molar-refractivity contribution in [2.75, 3.05) is 13.2 Å². The molecule has 0 radical (unpaired) electrons. The quantitative estimate of drug-likeness (QED) is 0.602. The van der Waals surface area contributed by atoms with Gasteiger partial charge in [-0.2, -0.15) is 5.10 Å². The van der Waals surface area contributed by atoms with Gasteiger partial charge in [-0.3, -0.25) is 4.79 Å². The Bertz CT molecular complexity index is 823. The van der Waals surface area contributed by atoms with Crippen molar-refractivity contribution in [2.24, 2.45) is 5.41 Å². The smallest absolute Gasteiger partial charge is 0.303 e. The van der Waals surface area contributed by atoms with E-state index in [-0.39, 0.29) is 18.3 Å². The fraction of sp³-hybridized carbons (Fsp3) is 0.550. The number of esters is 1. The first-order valence-corrected chi connectivity index (χ1v) is 10.3. The Balaban J connectivity index is 1.96. The molecule has 3 rings (SSSR count). The summed E-state index contributed by atoms with van der Waals surface area (Å²) in [4.78, 5) is 16.1. The number of hydrogen-bond acceptors (Lipinski definition) is 6. The molecule has 29 heavy (non-hydrogen) atoms. The maximum atomic E-state index is 12.0. The molecule has 7 nitrogen and oxygen atoms in total. The highest BCUT2D eigenvalue weighted by molar-refractivity contribution is 6.35. The fourth-order valence-electron chi connectivity index (χ4n) is 3.56. The summed E-state index contributed by atoms with van der Waals surface area (Å²) in [6, 6.07) is 4.97. The van der Waals surface area contributed by atoms with Gasteiger partial charge in [0.1, 0.15) is 18.8 Å². The van der Waals surface area contributed by atoms with Gasteiger partial charge in [0.25, 0.3) is 0 Å². The van der Waals surface area contributed by atoms with Crippen molar-refractivity contribution in [2.45, 2.75) is 52.0 Å². The van der Waals surface area contributed by atoms with E-state index < -0.39 is 11.5 Å². The molecule has 0 spiro atoms. The molecule has 2 atom stereocenters. The molecular weight excluding hydrogens is 417 g/mol. The fourth-order valence-corrected chi connectivity index (χ4v) is 4.05. The highest BCUT2D eigenvalue weighted by Crippen LogP contribution is 2.38. The molecule has 1 fully saturated rings. The number of ether oxygens (including phenoxy) is 3. The molecule has 9 heteroatoms. The van der Waals surface area contributed by atoms with Crippen LogP contribution < -0.4 is 0 Å². The van der Waals surface area contributed by atoms with E-state index in [9.17, 15) is 4.79 Å². The number of hydrogen-bond donors (Lipinski definition) is 0. The number of carbonyl (C=O) groups excluding carboxylic acids is 1. The van der Waals surface area contributed by atoms with Crippen molar-refractivity contribution in [1.29, 1.82) is 0 Å². The van der Waals surface area contributed by atoms with Crippen LogP contribution in [0.3, 0.4) is 0 Å². The topological polar surface area (TPSA) is 75.5 Å². The number of rotatable bonds is 7. The van der Waals surface area contributed by atoms with Crippen molar-refractivity contribution >= 4 is 29.2 Å². The second kappa shape index (κ2) is 9.43. The molecule has 1 saturated heterocycles. The number of nitrogens with zero attached hydrogens (tertiary/aromatic N) is 3. The van der Waals surface area contributed by atoms with E-state index in [0.29, 0.717) is 29.7 Å². The highest BCUT2D eigenvalue weighted by Gasteiger charge is 2.46. The monoisotopic (exact) mass is 441 g/mol. The first-order valence-electron chi connectivity index (χ1n) is 9.51. The molecule has 0 aliphatic carbocycles. The van der Waals surface area contributed by atoms with Crippen LogP contribution in [0.4, 0.5) is 0 Å². The Labute approximate surface area is 180 Å². The third kappa shape index (κ3) is 5.28. The molecule has 1 aromatic carbocycles. The predicted octanol–water partition coefficient (Wildman–Crippen LogP) is 4.09. The molecule has 2 heterocycles. The molecule has 1 aliphatic heterocycles.